The van der Waals surface area contributed by atoms with Crippen LogP contribution in [0.1, 0.15) is 15.9 Å². The molecule has 0 unspecified atom stereocenters. The smallest absolute Gasteiger partial charge is 0.289 e. The van der Waals surface area contributed by atoms with Gasteiger partial charge in [0.2, 0.25) is 0 Å². The molecule has 0 saturated carbocycles. The standard InChI is InChI=1S/C28H19N5O4/c34-27(20-7-3-1-4-8-20)21-11-15-22(16-12-21)29-30-26-25(19-13-17-24(18-14-19)33(36)37)31-32(28(26)35)23-9-5-2-6-10-23/h1-18,31H. The normalized spacial score (nSPS) is 11.0. The summed E-state index contributed by atoms with van der Waals surface area (Å²) in [6.45, 7) is 0. The summed E-state index contributed by atoms with van der Waals surface area (Å²) in [6, 6.07) is 30.3. The van der Waals surface area contributed by atoms with E-state index in [-0.39, 0.29) is 17.2 Å². The Morgan fingerprint density at radius 3 is 1.97 bits per heavy atom. The number of non-ortho nitro benzene ring substituents is 1. The maximum Gasteiger partial charge on any atom is 0.299 e. The van der Waals surface area contributed by atoms with Crippen molar-refractivity contribution in [3.05, 3.63) is 141 Å². The van der Waals surface area contributed by atoms with Crippen LogP contribution in [0.3, 0.4) is 0 Å². The third kappa shape index (κ3) is 4.87. The number of para-hydroxylation sites is 1. The lowest BCUT2D eigenvalue weighted by Crippen LogP contribution is -2.13. The van der Waals surface area contributed by atoms with Crippen LogP contribution in [0.2, 0.25) is 0 Å². The van der Waals surface area contributed by atoms with Gasteiger partial charge in [-0.15, -0.1) is 5.11 Å². The van der Waals surface area contributed by atoms with Crippen molar-refractivity contribution in [1.82, 2.24) is 9.78 Å². The first-order valence-corrected chi connectivity index (χ1v) is 11.3. The van der Waals surface area contributed by atoms with Crippen molar-refractivity contribution < 1.29 is 9.72 Å². The van der Waals surface area contributed by atoms with E-state index in [2.05, 4.69) is 15.3 Å². The van der Waals surface area contributed by atoms with Crippen LogP contribution >= 0.6 is 0 Å². The number of nitro groups is 1. The molecule has 1 aromatic heterocycles. The Morgan fingerprint density at radius 2 is 1.35 bits per heavy atom. The number of H-pyrrole nitrogens is 1. The fraction of sp³-hybridized carbons (Fsp3) is 0. The molecule has 0 atom stereocenters. The van der Waals surface area contributed by atoms with Gasteiger partial charge in [0.25, 0.3) is 11.2 Å². The van der Waals surface area contributed by atoms with Crippen molar-refractivity contribution in [3.8, 4) is 16.9 Å². The number of azo groups is 1. The lowest BCUT2D eigenvalue weighted by Gasteiger charge is -2.02. The molecule has 1 N–H and O–H groups in total. The SMILES string of the molecule is O=C(c1ccccc1)c1ccc(N=Nc2c(-c3ccc([N+](=O)[O-])cc3)[nH]n(-c3ccccc3)c2=O)cc1. The molecule has 4 aromatic carbocycles. The van der Waals surface area contributed by atoms with E-state index in [1.165, 1.54) is 16.8 Å². The molecule has 180 valence electrons. The predicted molar refractivity (Wildman–Crippen MR) is 139 cm³/mol. The lowest BCUT2D eigenvalue weighted by molar-refractivity contribution is -0.384. The molecule has 5 rings (SSSR count). The number of ketones is 1. The number of hydrogen-bond acceptors (Lipinski definition) is 6. The number of nitro benzene ring substituents is 1. The molecule has 0 radical (unpaired) electrons. The van der Waals surface area contributed by atoms with Gasteiger partial charge in [0.05, 0.1) is 22.0 Å². The zero-order valence-corrected chi connectivity index (χ0v) is 19.3. The molecule has 0 amide bonds. The second-order valence-electron chi connectivity index (χ2n) is 8.06. The van der Waals surface area contributed by atoms with Crippen molar-refractivity contribution in [1.29, 1.82) is 0 Å². The second kappa shape index (κ2) is 10.0. The van der Waals surface area contributed by atoms with Crippen LogP contribution in [0.15, 0.2) is 124 Å². The minimum atomic E-state index is -0.492. The van der Waals surface area contributed by atoms with Gasteiger partial charge in [0.1, 0.15) is 0 Å². The molecule has 9 nitrogen and oxygen atoms in total. The third-order valence-electron chi connectivity index (χ3n) is 5.68. The van der Waals surface area contributed by atoms with Crippen LogP contribution in [0, 0.1) is 10.1 Å². The monoisotopic (exact) mass is 489 g/mol. The number of benzene rings is 4. The van der Waals surface area contributed by atoms with Crippen molar-refractivity contribution in [2.24, 2.45) is 10.2 Å². The number of carbonyl (C=O) groups excluding carboxylic acids is 1. The molecule has 0 spiro atoms. The van der Waals surface area contributed by atoms with Crippen LogP contribution in [0.4, 0.5) is 17.1 Å². The van der Waals surface area contributed by atoms with E-state index < -0.39 is 10.5 Å². The minimum absolute atomic E-state index is 0.0437. The Morgan fingerprint density at radius 1 is 0.757 bits per heavy atom. The number of hydrogen-bond donors (Lipinski definition) is 1. The molecule has 0 aliphatic rings. The van der Waals surface area contributed by atoms with Gasteiger partial charge in [0.15, 0.2) is 11.5 Å². The Hall–Kier alpha value is -5.44. The highest BCUT2D eigenvalue weighted by molar-refractivity contribution is 6.09. The van der Waals surface area contributed by atoms with Crippen molar-refractivity contribution in [3.63, 3.8) is 0 Å². The number of aromatic amines is 1. The molecular formula is C28H19N5O4. The van der Waals surface area contributed by atoms with Crippen LogP contribution in [-0.4, -0.2) is 20.5 Å². The molecule has 37 heavy (non-hydrogen) atoms. The Kier molecular flexibility index (Phi) is 6.33. The third-order valence-corrected chi connectivity index (χ3v) is 5.68. The Balaban J connectivity index is 1.50. The molecule has 1 heterocycles. The van der Waals surface area contributed by atoms with Crippen LogP contribution in [0.25, 0.3) is 16.9 Å². The zero-order chi connectivity index (χ0) is 25.8. The summed E-state index contributed by atoms with van der Waals surface area (Å²) in [5.41, 5.74) is 2.58. The van der Waals surface area contributed by atoms with E-state index >= 15 is 0 Å². The van der Waals surface area contributed by atoms with Crippen molar-refractivity contribution >= 4 is 22.8 Å². The number of nitrogens with one attached hydrogen (secondary N) is 1. The number of carbonyl (C=O) groups is 1. The lowest BCUT2D eigenvalue weighted by atomic mass is 10.0. The van der Waals surface area contributed by atoms with Gasteiger partial charge in [-0.05, 0) is 48.5 Å². The van der Waals surface area contributed by atoms with Crippen molar-refractivity contribution in [2.75, 3.05) is 0 Å². The van der Waals surface area contributed by atoms with Gasteiger partial charge >= 0.3 is 0 Å². The fourth-order valence-corrected chi connectivity index (χ4v) is 3.77. The second-order valence-corrected chi connectivity index (χ2v) is 8.06. The van der Waals surface area contributed by atoms with Crippen molar-refractivity contribution in [2.45, 2.75) is 0 Å². The number of aromatic nitrogens is 2. The fourth-order valence-electron chi connectivity index (χ4n) is 3.77. The summed E-state index contributed by atoms with van der Waals surface area (Å²) in [4.78, 5) is 36.5. The molecule has 0 aliphatic carbocycles. The maximum atomic E-state index is 13.3. The van der Waals surface area contributed by atoms with Gasteiger partial charge < -0.3 is 0 Å². The highest BCUT2D eigenvalue weighted by Gasteiger charge is 2.18. The number of nitrogens with zero attached hydrogens (tertiary/aromatic N) is 4. The van der Waals surface area contributed by atoms with E-state index in [9.17, 15) is 19.7 Å². The zero-order valence-electron chi connectivity index (χ0n) is 19.3. The van der Waals surface area contributed by atoms with E-state index in [0.717, 1.165) is 0 Å². The molecule has 0 saturated heterocycles. The first kappa shape index (κ1) is 23.3. The predicted octanol–water partition coefficient (Wildman–Crippen LogP) is 6.39. The summed E-state index contributed by atoms with van der Waals surface area (Å²) in [7, 11) is 0. The van der Waals surface area contributed by atoms with E-state index in [4.69, 9.17) is 0 Å². The average molecular weight is 489 g/mol. The average Bonchev–Trinajstić information content (AvgIpc) is 3.28. The summed E-state index contributed by atoms with van der Waals surface area (Å²) < 4.78 is 1.34. The van der Waals surface area contributed by atoms with Gasteiger partial charge in [-0.25, -0.2) is 4.68 Å². The summed E-state index contributed by atoms with van der Waals surface area (Å²) in [5, 5.41) is 22.6. The summed E-state index contributed by atoms with van der Waals surface area (Å²) in [5.74, 6) is -0.110. The first-order chi connectivity index (χ1) is 18.0. The van der Waals surface area contributed by atoms with Crippen LogP contribution in [-0.2, 0) is 0 Å². The molecule has 0 aliphatic heterocycles. The van der Waals surface area contributed by atoms with Crippen LogP contribution in [0.5, 0.6) is 0 Å². The largest absolute Gasteiger partial charge is 0.299 e. The van der Waals surface area contributed by atoms with Gasteiger partial charge in [-0.1, -0.05) is 48.5 Å². The summed E-state index contributed by atoms with van der Waals surface area (Å²) in [6.07, 6.45) is 0. The minimum Gasteiger partial charge on any atom is -0.289 e. The van der Waals surface area contributed by atoms with E-state index in [0.29, 0.717) is 33.8 Å². The molecule has 9 heteroatoms. The Bertz CT molecular complexity index is 1650. The van der Waals surface area contributed by atoms with Gasteiger partial charge in [-0.2, -0.15) is 5.11 Å². The van der Waals surface area contributed by atoms with Gasteiger partial charge in [-0.3, -0.25) is 24.8 Å². The summed E-state index contributed by atoms with van der Waals surface area (Å²) >= 11 is 0. The number of rotatable bonds is 7. The molecular weight excluding hydrogens is 470 g/mol. The van der Waals surface area contributed by atoms with Gasteiger partial charge in [0, 0.05) is 28.8 Å². The topological polar surface area (TPSA) is 123 Å². The highest BCUT2D eigenvalue weighted by atomic mass is 16.6. The quantitative estimate of drug-likeness (QED) is 0.123. The van der Waals surface area contributed by atoms with E-state index in [1.807, 2.05) is 12.1 Å². The molecule has 0 fully saturated rings. The Labute approximate surface area is 210 Å². The van der Waals surface area contributed by atoms with Crippen LogP contribution < -0.4 is 5.56 Å². The highest BCUT2D eigenvalue weighted by Crippen LogP contribution is 2.29. The molecule has 5 aromatic rings. The molecule has 0 bridgehead atoms. The van der Waals surface area contributed by atoms with E-state index in [1.54, 1.807) is 84.9 Å². The first-order valence-electron chi connectivity index (χ1n) is 11.3. The maximum absolute atomic E-state index is 13.3.